The van der Waals surface area contributed by atoms with Crippen LogP contribution in [-0.4, -0.2) is 30.3 Å². The molecule has 1 aromatic heterocycles. The second kappa shape index (κ2) is 5.75. The van der Waals surface area contributed by atoms with Crippen molar-refractivity contribution in [1.29, 1.82) is 0 Å². The molecule has 1 aromatic carbocycles. The molecular weight excluding hydrogens is 282 g/mol. The van der Waals surface area contributed by atoms with E-state index < -0.39 is 0 Å². The fraction of sp³-hybridized carbons (Fsp3) is 0.438. The molecule has 112 valence electrons. The van der Waals surface area contributed by atoms with Crippen LogP contribution in [0, 0.1) is 0 Å². The maximum Gasteiger partial charge on any atom is 0.186 e. The normalized spacial score (nSPS) is 18.0. The summed E-state index contributed by atoms with van der Waals surface area (Å²) in [6.07, 6.45) is 0. The van der Waals surface area contributed by atoms with E-state index in [0.29, 0.717) is 6.54 Å². The van der Waals surface area contributed by atoms with Gasteiger partial charge in [0.2, 0.25) is 0 Å². The number of hydrogen-bond donors (Lipinski definition) is 1. The molecule has 2 heterocycles. The molecular formula is C16H21N3OS. The predicted molar refractivity (Wildman–Crippen MR) is 87.7 cm³/mol. The summed E-state index contributed by atoms with van der Waals surface area (Å²) in [6.45, 7) is 7.26. The Hall–Kier alpha value is -1.43. The van der Waals surface area contributed by atoms with Crippen molar-refractivity contribution in [2.75, 3.05) is 24.7 Å². The Kier molecular flexibility index (Phi) is 3.97. The molecule has 1 aliphatic rings. The highest BCUT2D eigenvalue weighted by Crippen LogP contribution is 2.36. The van der Waals surface area contributed by atoms with E-state index in [1.807, 2.05) is 18.2 Å². The Morgan fingerprint density at radius 2 is 2.10 bits per heavy atom. The van der Waals surface area contributed by atoms with Crippen LogP contribution in [-0.2, 0) is 11.3 Å². The molecule has 3 rings (SSSR count). The van der Waals surface area contributed by atoms with Gasteiger partial charge in [-0.25, -0.2) is 4.98 Å². The van der Waals surface area contributed by atoms with Crippen molar-refractivity contribution < 1.29 is 4.74 Å². The molecule has 4 nitrogen and oxygen atoms in total. The summed E-state index contributed by atoms with van der Waals surface area (Å²) in [4.78, 5) is 8.36. The van der Waals surface area contributed by atoms with Gasteiger partial charge in [-0.2, -0.15) is 0 Å². The number of rotatable bonds is 3. The molecule has 2 N–H and O–H groups in total. The van der Waals surface area contributed by atoms with E-state index in [4.69, 9.17) is 15.5 Å². The van der Waals surface area contributed by atoms with Gasteiger partial charge in [0.1, 0.15) is 0 Å². The number of anilines is 1. The van der Waals surface area contributed by atoms with Crippen LogP contribution in [0.1, 0.15) is 18.7 Å². The van der Waals surface area contributed by atoms with Crippen LogP contribution in [0.3, 0.4) is 0 Å². The van der Waals surface area contributed by atoms with Crippen molar-refractivity contribution in [3.63, 3.8) is 0 Å². The minimum Gasteiger partial charge on any atom is -0.377 e. The lowest BCUT2D eigenvalue weighted by Crippen LogP contribution is -2.53. The Balaban J connectivity index is 2.00. The summed E-state index contributed by atoms with van der Waals surface area (Å²) >= 11 is 1.70. The summed E-state index contributed by atoms with van der Waals surface area (Å²) in [6, 6.07) is 10.3. The number of nitrogens with zero attached hydrogens (tertiary/aromatic N) is 2. The number of ether oxygens (including phenoxy) is 1. The summed E-state index contributed by atoms with van der Waals surface area (Å²) in [5, 5.41) is 1.04. The molecule has 1 saturated heterocycles. The van der Waals surface area contributed by atoms with Gasteiger partial charge in [-0.1, -0.05) is 41.7 Å². The van der Waals surface area contributed by atoms with Crippen molar-refractivity contribution in [3.8, 4) is 11.3 Å². The molecule has 0 aliphatic carbocycles. The first kappa shape index (κ1) is 14.5. The Morgan fingerprint density at radius 3 is 2.76 bits per heavy atom. The van der Waals surface area contributed by atoms with Gasteiger partial charge in [0.15, 0.2) is 5.13 Å². The van der Waals surface area contributed by atoms with Gasteiger partial charge in [0.25, 0.3) is 0 Å². The number of hydrogen-bond acceptors (Lipinski definition) is 5. The van der Waals surface area contributed by atoms with Gasteiger partial charge in [0, 0.05) is 23.5 Å². The number of morpholine rings is 1. The zero-order valence-corrected chi connectivity index (χ0v) is 13.3. The Bertz CT molecular complexity index is 609. The van der Waals surface area contributed by atoms with Gasteiger partial charge in [-0.15, -0.1) is 0 Å². The first-order valence-electron chi connectivity index (χ1n) is 7.22. The van der Waals surface area contributed by atoms with Crippen molar-refractivity contribution in [2.24, 2.45) is 5.73 Å². The molecule has 0 amide bonds. The van der Waals surface area contributed by atoms with Crippen molar-refractivity contribution in [3.05, 3.63) is 35.2 Å². The average molecular weight is 303 g/mol. The third-order valence-electron chi connectivity index (χ3n) is 3.79. The maximum absolute atomic E-state index is 5.93. The Morgan fingerprint density at radius 1 is 1.33 bits per heavy atom. The quantitative estimate of drug-likeness (QED) is 0.947. The van der Waals surface area contributed by atoms with Gasteiger partial charge < -0.3 is 15.4 Å². The van der Waals surface area contributed by atoms with Crippen LogP contribution in [0.4, 0.5) is 5.13 Å². The van der Waals surface area contributed by atoms with Crippen LogP contribution >= 0.6 is 11.3 Å². The fourth-order valence-corrected chi connectivity index (χ4v) is 3.78. The highest BCUT2D eigenvalue weighted by Gasteiger charge is 2.33. The van der Waals surface area contributed by atoms with Crippen molar-refractivity contribution in [1.82, 2.24) is 4.98 Å². The topological polar surface area (TPSA) is 51.4 Å². The zero-order chi connectivity index (χ0) is 14.9. The molecule has 0 atom stereocenters. The fourth-order valence-electron chi connectivity index (χ4n) is 2.63. The van der Waals surface area contributed by atoms with Gasteiger partial charge in [0.05, 0.1) is 24.4 Å². The van der Waals surface area contributed by atoms with Crippen LogP contribution in [0.2, 0.25) is 0 Å². The van der Waals surface area contributed by atoms with E-state index in [2.05, 4.69) is 30.9 Å². The van der Waals surface area contributed by atoms with E-state index in [1.165, 1.54) is 0 Å². The van der Waals surface area contributed by atoms with Crippen LogP contribution in [0.15, 0.2) is 30.3 Å². The molecule has 21 heavy (non-hydrogen) atoms. The summed E-state index contributed by atoms with van der Waals surface area (Å²) in [5.74, 6) is 0. The lowest BCUT2D eigenvalue weighted by Gasteiger charge is -2.42. The van der Waals surface area contributed by atoms with E-state index in [9.17, 15) is 0 Å². The zero-order valence-electron chi connectivity index (χ0n) is 12.5. The van der Waals surface area contributed by atoms with Crippen molar-refractivity contribution in [2.45, 2.75) is 25.9 Å². The second-order valence-electron chi connectivity index (χ2n) is 5.86. The average Bonchev–Trinajstić information content (AvgIpc) is 2.91. The van der Waals surface area contributed by atoms with Crippen LogP contribution in [0.25, 0.3) is 11.3 Å². The van der Waals surface area contributed by atoms with Crippen LogP contribution < -0.4 is 10.6 Å². The van der Waals surface area contributed by atoms with Gasteiger partial charge in [-0.3, -0.25) is 0 Å². The molecule has 1 fully saturated rings. The molecule has 0 saturated carbocycles. The standard InChI is InChI=1S/C16H21N3OS/c1-16(2)11-20-9-8-19(16)15-18-14(13(10-17)21-15)12-6-4-3-5-7-12/h3-7H,8-11,17H2,1-2H3. The van der Waals surface area contributed by atoms with E-state index >= 15 is 0 Å². The maximum atomic E-state index is 5.93. The molecule has 5 heteroatoms. The number of aromatic nitrogens is 1. The first-order valence-corrected chi connectivity index (χ1v) is 8.04. The third-order valence-corrected chi connectivity index (χ3v) is 4.90. The van der Waals surface area contributed by atoms with E-state index in [-0.39, 0.29) is 5.54 Å². The third kappa shape index (κ3) is 2.81. The monoisotopic (exact) mass is 303 g/mol. The highest BCUT2D eigenvalue weighted by molar-refractivity contribution is 7.16. The largest absolute Gasteiger partial charge is 0.377 e. The smallest absolute Gasteiger partial charge is 0.186 e. The van der Waals surface area contributed by atoms with Crippen LogP contribution in [0.5, 0.6) is 0 Å². The highest BCUT2D eigenvalue weighted by atomic mass is 32.1. The molecule has 0 unspecified atom stereocenters. The molecule has 2 aromatic rings. The van der Waals surface area contributed by atoms with Gasteiger partial charge in [-0.05, 0) is 13.8 Å². The van der Waals surface area contributed by atoms with E-state index in [1.54, 1.807) is 11.3 Å². The second-order valence-corrected chi connectivity index (χ2v) is 6.92. The molecule has 1 aliphatic heterocycles. The number of benzene rings is 1. The summed E-state index contributed by atoms with van der Waals surface area (Å²) in [5.41, 5.74) is 8.04. The molecule has 0 spiro atoms. The lowest BCUT2D eigenvalue weighted by atomic mass is 10.0. The SMILES string of the molecule is CC1(C)COCCN1c1nc(-c2ccccc2)c(CN)s1. The lowest BCUT2D eigenvalue weighted by molar-refractivity contribution is 0.0644. The van der Waals surface area contributed by atoms with E-state index in [0.717, 1.165) is 41.0 Å². The van der Waals surface area contributed by atoms with Crippen molar-refractivity contribution >= 4 is 16.5 Å². The summed E-state index contributed by atoms with van der Waals surface area (Å²) in [7, 11) is 0. The molecule has 0 radical (unpaired) electrons. The minimum atomic E-state index is -0.0318. The van der Waals surface area contributed by atoms with Gasteiger partial charge >= 0.3 is 0 Å². The number of thiazole rings is 1. The molecule has 0 bridgehead atoms. The predicted octanol–water partition coefficient (Wildman–Crippen LogP) is 2.88. The Labute approximate surface area is 129 Å². The first-order chi connectivity index (χ1) is 10.1. The summed E-state index contributed by atoms with van der Waals surface area (Å²) < 4.78 is 5.59. The minimum absolute atomic E-state index is 0.0318. The number of nitrogens with two attached hydrogens (primary N) is 1.